The molecule has 8 nitrogen and oxygen atoms in total. The van der Waals surface area contributed by atoms with Gasteiger partial charge in [-0.2, -0.15) is 0 Å². The summed E-state index contributed by atoms with van der Waals surface area (Å²) in [5, 5.41) is 0.556. The molecule has 2 aromatic carbocycles. The lowest BCUT2D eigenvalue weighted by molar-refractivity contribution is -0.131. The van der Waals surface area contributed by atoms with Gasteiger partial charge in [0, 0.05) is 5.02 Å². The lowest BCUT2D eigenvalue weighted by Crippen LogP contribution is -2.45. The van der Waals surface area contributed by atoms with Crippen LogP contribution in [0.15, 0.2) is 48.5 Å². The third-order valence-corrected chi connectivity index (χ3v) is 3.67. The fourth-order valence-corrected chi connectivity index (χ4v) is 2.13. The van der Waals surface area contributed by atoms with Crippen molar-refractivity contribution in [2.24, 2.45) is 0 Å². The minimum atomic E-state index is -0.559. The molecule has 0 aliphatic rings. The predicted molar refractivity (Wildman–Crippen MR) is 106 cm³/mol. The van der Waals surface area contributed by atoms with Crippen molar-refractivity contribution in [1.29, 1.82) is 0 Å². The first-order chi connectivity index (χ1) is 14.0. The normalized spacial score (nSPS) is 10.0. The number of halogens is 1. The topological polar surface area (TPSA) is 103 Å². The van der Waals surface area contributed by atoms with Crippen LogP contribution in [0.5, 0.6) is 11.5 Å². The number of hydrogen-bond acceptors (Lipinski definition) is 6. The van der Waals surface area contributed by atoms with Crippen molar-refractivity contribution in [3.8, 4) is 11.5 Å². The zero-order valence-electron chi connectivity index (χ0n) is 15.8. The highest BCUT2D eigenvalue weighted by Crippen LogP contribution is 2.15. The molecule has 2 aromatic rings. The van der Waals surface area contributed by atoms with Gasteiger partial charge in [-0.1, -0.05) is 18.5 Å². The van der Waals surface area contributed by atoms with Crippen LogP contribution in [0.1, 0.15) is 23.7 Å². The summed E-state index contributed by atoms with van der Waals surface area (Å²) in [7, 11) is 0. The summed E-state index contributed by atoms with van der Waals surface area (Å²) in [6.45, 7) is 1.66. The highest BCUT2D eigenvalue weighted by Gasteiger charge is 2.09. The summed E-state index contributed by atoms with van der Waals surface area (Å²) in [6.07, 6.45) is 0.742. The van der Waals surface area contributed by atoms with Gasteiger partial charge in [0.1, 0.15) is 11.5 Å². The number of hydrazine groups is 1. The fourth-order valence-electron chi connectivity index (χ4n) is 2.01. The molecule has 0 aliphatic heterocycles. The Balaban J connectivity index is 1.66. The summed E-state index contributed by atoms with van der Waals surface area (Å²) in [4.78, 5) is 35.1. The molecule has 0 aliphatic carbocycles. The lowest BCUT2D eigenvalue weighted by Gasteiger charge is -2.10. The van der Waals surface area contributed by atoms with Crippen LogP contribution in [0.2, 0.25) is 5.02 Å². The third kappa shape index (κ3) is 8.10. The predicted octanol–water partition coefficient (Wildman–Crippen LogP) is 2.51. The summed E-state index contributed by atoms with van der Waals surface area (Å²) in [6, 6.07) is 12.7. The fraction of sp³-hybridized carbons (Fsp3) is 0.250. The maximum atomic E-state index is 11.7. The average molecular weight is 421 g/mol. The number of hydrogen-bond donors (Lipinski definition) is 2. The Hall–Kier alpha value is -3.26. The molecule has 2 rings (SSSR count). The number of esters is 1. The van der Waals surface area contributed by atoms with Crippen molar-refractivity contribution in [2.45, 2.75) is 13.3 Å². The Morgan fingerprint density at radius 1 is 0.828 bits per heavy atom. The maximum Gasteiger partial charge on any atom is 0.338 e. The molecule has 9 heteroatoms. The van der Waals surface area contributed by atoms with Crippen LogP contribution >= 0.6 is 11.6 Å². The van der Waals surface area contributed by atoms with Crippen molar-refractivity contribution < 1.29 is 28.6 Å². The molecule has 0 spiro atoms. The molecule has 0 fully saturated rings. The number of carbonyl (C=O) groups excluding carboxylic acids is 3. The Morgan fingerprint density at radius 3 is 1.79 bits per heavy atom. The van der Waals surface area contributed by atoms with Crippen molar-refractivity contribution in [2.75, 3.05) is 19.8 Å². The van der Waals surface area contributed by atoms with Crippen LogP contribution < -0.4 is 20.3 Å². The Morgan fingerprint density at radius 2 is 1.31 bits per heavy atom. The molecule has 0 aromatic heterocycles. The van der Waals surface area contributed by atoms with E-state index in [-0.39, 0.29) is 13.2 Å². The van der Waals surface area contributed by atoms with Gasteiger partial charge in [0.2, 0.25) is 0 Å². The van der Waals surface area contributed by atoms with E-state index in [1.165, 1.54) is 0 Å². The van der Waals surface area contributed by atoms with Gasteiger partial charge in [-0.15, -0.1) is 0 Å². The minimum Gasteiger partial charge on any atom is -0.484 e. The summed E-state index contributed by atoms with van der Waals surface area (Å²) in [5.41, 5.74) is 4.82. The van der Waals surface area contributed by atoms with Crippen molar-refractivity contribution in [3.63, 3.8) is 0 Å². The average Bonchev–Trinajstić information content (AvgIpc) is 2.74. The highest BCUT2D eigenvalue weighted by atomic mass is 35.5. The van der Waals surface area contributed by atoms with Gasteiger partial charge in [0.05, 0.1) is 12.2 Å². The molecule has 2 N–H and O–H groups in total. The first-order valence-electron chi connectivity index (χ1n) is 8.84. The van der Waals surface area contributed by atoms with Crippen molar-refractivity contribution >= 4 is 29.4 Å². The molecule has 0 saturated heterocycles. The number of benzene rings is 2. The molecule has 0 heterocycles. The second kappa shape index (κ2) is 11.6. The van der Waals surface area contributed by atoms with Crippen molar-refractivity contribution in [3.05, 3.63) is 59.1 Å². The quantitative estimate of drug-likeness (QED) is 0.477. The van der Waals surface area contributed by atoms with Gasteiger partial charge in [-0.25, -0.2) is 4.79 Å². The molecule has 2 amide bonds. The van der Waals surface area contributed by atoms with Crippen LogP contribution in [-0.2, 0) is 14.3 Å². The van der Waals surface area contributed by atoms with E-state index in [2.05, 4.69) is 10.9 Å². The molecule has 0 bridgehead atoms. The Bertz CT molecular complexity index is 824. The molecule has 0 saturated carbocycles. The second-order valence-corrected chi connectivity index (χ2v) is 6.22. The zero-order valence-corrected chi connectivity index (χ0v) is 16.5. The smallest absolute Gasteiger partial charge is 0.338 e. The second-order valence-electron chi connectivity index (χ2n) is 5.79. The zero-order chi connectivity index (χ0) is 21.1. The van der Waals surface area contributed by atoms with E-state index < -0.39 is 17.8 Å². The third-order valence-electron chi connectivity index (χ3n) is 3.42. The Kier molecular flexibility index (Phi) is 8.78. The maximum absolute atomic E-state index is 11.7. The molecule has 0 radical (unpaired) electrons. The van der Waals surface area contributed by atoms with Gasteiger partial charge >= 0.3 is 5.97 Å². The number of rotatable bonds is 9. The SMILES string of the molecule is CCCOC(=O)c1ccc(OCC(=O)NNC(=O)COc2ccc(Cl)cc2)cc1. The molecule has 0 atom stereocenters. The van der Waals surface area contributed by atoms with Crippen LogP contribution in [-0.4, -0.2) is 37.6 Å². The molecular formula is C20H21ClN2O6. The van der Waals surface area contributed by atoms with Gasteiger partial charge in [0.15, 0.2) is 13.2 Å². The van der Waals surface area contributed by atoms with E-state index >= 15 is 0 Å². The number of carbonyl (C=O) groups is 3. The Labute approximate surface area is 173 Å². The summed E-state index contributed by atoms with van der Waals surface area (Å²) < 4.78 is 15.6. The first-order valence-corrected chi connectivity index (χ1v) is 9.21. The molecule has 29 heavy (non-hydrogen) atoms. The van der Waals surface area contributed by atoms with Crippen molar-refractivity contribution in [1.82, 2.24) is 10.9 Å². The highest BCUT2D eigenvalue weighted by molar-refractivity contribution is 6.30. The molecule has 0 unspecified atom stereocenters. The number of nitrogens with one attached hydrogen (secondary N) is 2. The van der Waals surface area contributed by atoms with Crippen LogP contribution in [0.3, 0.4) is 0 Å². The van der Waals surface area contributed by atoms with Crippen LogP contribution in [0.25, 0.3) is 0 Å². The first kappa shape index (κ1) is 22.0. The molecule has 154 valence electrons. The van der Waals surface area contributed by atoms with Gasteiger partial charge in [0.25, 0.3) is 11.8 Å². The summed E-state index contributed by atoms with van der Waals surface area (Å²) in [5.74, 6) is -0.648. The van der Waals surface area contributed by atoms with E-state index in [0.29, 0.717) is 28.7 Å². The van der Waals surface area contributed by atoms with Gasteiger partial charge in [-0.3, -0.25) is 20.4 Å². The van der Waals surface area contributed by atoms with E-state index in [9.17, 15) is 14.4 Å². The summed E-state index contributed by atoms with van der Waals surface area (Å²) >= 11 is 5.76. The van der Waals surface area contributed by atoms with Gasteiger partial charge in [-0.05, 0) is 55.0 Å². The largest absolute Gasteiger partial charge is 0.484 e. The van der Waals surface area contributed by atoms with Gasteiger partial charge < -0.3 is 14.2 Å². The van der Waals surface area contributed by atoms with Crippen LogP contribution in [0.4, 0.5) is 0 Å². The minimum absolute atomic E-state index is 0.279. The number of ether oxygens (including phenoxy) is 3. The van der Waals surface area contributed by atoms with E-state index in [1.54, 1.807) is 48.5 Å². The standard InChI is InChI=1S/C20H21ClN2O6/c1-2-11-27-20(26)14-3-7-16(8-4-14)28-12-18(24)22-23-19(25)13-29-17-9-5-15(21)6-10-17/h3-10H,2,11-13H2,1H3,(H,22,24)(H,23,25). The van der Waals surface area contributed by atoms with Crippen LogP contribution in [0, 0.1) is 0 Å². The van der Waals surface area contributed by atoms with E-state index in [1.807, 2.05) is 6.92 Å². The number of amides is 2. The van der Waals surface area contributed by atoms with E-state index in [0.717, 1.165) is 6.42 Å². The van der Waals surface area contributed by atoms with E-state index in [4.69, 9.17) is 25.8 Å². The monoisotopic (exact) mass is 420 g/mol. The molecular weight excluding hydrogens is 400 g/mol. The lowest BCUT2D eigenvalue weighted by atomic mass is 10.2.